The Kier molecular flexibility index (Phi) is 10.5. The lowest BCUT2D eigenvalue weighted by Crippen LogP contribution is -2.53. The van der Waals surface area contributed by atoms with Crippen molar-refractivity contribution in [2.45, 2.75) is 39.3 Å². The quantitative estimate of drug-likeness (QED) is 0.347. The summed E-state index contributed by atoms with van der Waals surface area (Å²) < 4.78 is 32.1. The van der Waals surface area contributed by atoms with Gasteiger partial charge in [0.1, 0.15) is 18.3 Å². The average Bonchev–Trinajstić information content (AvgIpc) is 2.92. The Hall–Kier alpha value is -3.85. The number of carbonyl (C=O) groups is 2. The first-order valence-corrected chi connectivity index (χ1v) is 14.8. The third-order valence-electron chi connectivity index (χ3n) is 6.28. The molecule has 39 heavy (non-hydrogen) atoms. The lowest BCUT2D eigenvalue weighted by Gasteiger charge is -2.33. The van der Waals surface area contributed by atoms with Gasteiger partial charge in [0.15, 0.2) is 0 Å². The second-order valence-electron chi connectivity index (χ2n) is 9.48. The van der Waals surface area contributed by atoms with E-state index in [1.807, 2.05) is 62.4 Å². The molecule has 0 aliphatic heterocycles. The number of amides is 2. The minimum atomic E-state index is -3.80. The van der Waals surface area contributed by atoms with Gasteiger partial charge in [-0.25, -0.2) is 8.42 Å². The van der Waals surface area contributed by atoms with Gasteiger partial charge in [0.2, 0.25) is 21.8 Å². The highest BCUT2D eigenvalue weighted by Gasteiger charge is 2.33. The molecule has 0 aliphatic carbocycles. The van der Waals surface area contributed by atoms with Crippen LogP contribution < -0.4 is 14.4 Å². The maximum absolute atomic E-state index is 14.0. The molecule has 0 unspecified atom stereocenters. The second kappa shape index (κ2) is 13.8. The number of sulfonamides is 1. The molecule has 3 aromatic rings. The molecule has 0 saturated heterocycles. The van der Waals surface area contributed by atoms with E-state index in [0.29, 0.717) is 18.0 Å². The van der Waals surface area contributed by atoms with Crippen LogP contribution in [0.15, 0.2) is 78.9 Å². The molecule has 0 aliphatic rings. The summed E-state index contributed by atoms with van der Waals surface area (Å²) in [4.78, 5) is 29.0. The van der Waals surface area contributed by atoms with Crippen LogP contribution in [-0.2, 0) is 32.6 Å². The normalized spacial score (nSPS) is 11.9. The zero-order valence-corrected chi connectivity index (χ0v) is 23.8. The smallest absolute Gasteiger partial charge is 0.244 e. The van der Waals surface area contributed by atoms with Gasteiger partial charge >= 0.3 is 0 Å². The van der Waals surface area contributed by atoms with Crippen molar-refractivity contribution in [2.75, 3.05) is 30.8 Å². The summed E-state index contributed by atoms with van der Waals surface area (Å²) in [6, 6.07) is 22.8. The molecule has 2 amide bonds. The summed E-state index contributed by atoms with van der Waals surface area (Å²) in [7, 11) is -2.24. The van der Waals surface area contributed by atoms with Crippen LogP contribution in [0, 0.1) is 6.92 Å². The van der Waals surface area contributed by atoms with Crippen LogP contribution in [0.5, 0.6) is 5.75 Å². The van der Waals surface area contributed by atoms with Gasteiger partial charge in [0, 0.05) is 19.5 Å². The zero-order valence-electron chi connectivity index (χ0n) is 23.0. The van der Waals surface area contributed by atoms with Crippen LogP contribution >= 0.6 is 0 Å². The average molecular weight is 552 g/mol. The van der Waals surface area contributed by atoms with Gasteiger partial charge in [0.05, 0.1) is 19.1 Å². The Morgan fingerprint density at radius 3 is 2.28 bits per heavy atom. The lowest BCUT2D eigenvalue weighted by atomic mass is 10.0. The third kappa shape index (κ3) is 8.58. The van der Waals surface area contributed by atoms with E-state index < -0.39 is 28.5 Å². The third-order valence-corrected chi connectivity index (χ3v) is 7.42. The lowest BCUT2D eigenvalue weighted by molar-refractivity contribution is -0.140. The van der Waals surface area contributed by atoms with Crippen LogP contribution in [-0.4, -0.2) is 57.6 Å². The minimum Gasteiger partial charge on any atom is -0.497 e. The van der Waals surface area contributed by atoms with E-state index in [0.717, 1.165) is 33.7 Å². The zero-order chi connectivity index (χ0) is 28.4. The number of ether oxygens (including phenoxy) is 1. The predicted octanol–water partition coefficient (Wildman–Crippen LogP) is 3.94. The molecular formula is C30H37N3O5S. The number of nitrogens with one attached hydrogen (secondary N) is 1. The van der Waals surface area contributed by atoms with E-state index in [4.69, 9.17) is 4.74 Å². The summed E-state index contributed by atoms with van der Waals surface area (Å²) in [6.07, 6.45) is 2.09. The molecule has 0 aromatic heterocycles. The molecule has 0 spiro atoms. The topological polar surface area (TPSA) is 96.0 Å². The maximum Gasteiger partial charge on any atom is 0.244 e. The number of methoxy groups -OCH3 is 1. The number of benzene rings is 3. The highest BCUT2D eigenvalue weighted by atomic mass is 32.2. The molecule has 208 valence electrons. The van der Waals surface area contributed by atoms with Crippen LogP contribution in [0.4, 0.5) is 5.69 Å². The molecular weight excluding hydrogens is 514 g/mol. The summed E-state index contributed by atoms with van der Waals surface area (Å²) in [6.45, 7) is 3.92. The fraction of sp³-hybridized carbons (Fsp3) is 0.333. The summed E-state index contributed by atoms with van der Waals surface area (Å²) in [5.74, 6) is -0.164. The largest absolute Gasteiger partial charge is 0.497 e. The van der Waals surface area contributed by atoms with E-state index in [9.17, 15) is 18.0 Å². The first-order valence-electron chi connectivity index (χ1n) is 12.9. The van der Waals surface area contributed by atoms with Crippen LogP contribution in [0.3, 0.4) is 0 Å². The van der Waals surface area contributed by atoms with Crippen molar-refractivity contribution in [2.24, 2.45) is 0 Å². The van der Waals surface area contributed by atoms with Crippen molar-refractivity contribution in [1.82, 2.24) is 10.2 Å². The van der Waals surface area contributed by atoms with Crippen LogP contribution in [0.2, 0.25) is 0 Å². The van der Waals surface area contributed by atoms with Crippen molar-refractivity contribution < 1.29 is 22.7 Å². The summed E-state index contributed by atoms with van der Waals surface area (Å²) in [5.41, 5.74) is 2.90. The van der Waals surface area contributed by atoms with Gasteiger partial charge in [-0.3, -0.25) is 13.9 Å². The number of carbonyl (C=O) groups excluding carboxylic acids is 2. The van der Waals surface area contributed by atoms with Gasteiger partial charge in [-0.05, 0) is 54.3 Å². The minimum absolute atomic E-state index is 0.0957. The summed E-state index contributed by atoms with van der Waals surface area (Å²) in [5, 5.41) is 2.93. The number of rotatable bonds is 13. The molecule has 0 radical (unpaired) electrons. The number of anilines is 1. The van der Waals surface area contributed by atoms with Crippen molar-refractivity contribution in [3.63, 3.8) is 0 Å². The monoisotopic (exact) mass is 551 g/mol. The van der Waals surface area contributed by atoms with Gasteiger partial charge < -0.3 is 15.0 Å². The number of aryl methyl sites for hydroxylation is 1. The number of nitrogens with zero attached hydrogens (tertiary/aromatic N) is 2. The van der Waals surface area contributed by atoms with Gasteiger partial charge in [-0.2, -0.15) is 0 Å². The highest BCUT2D eigenvalue weighted by Crippen LogP contribution is 2.22. The van der Waals surface area contributed by atoms with Gasteiger partial charge in [0.25, 0.3) is 0 Å². The Morgan fingerprint density at radius 1 is 0.949 bits per heavy atom. The number of hydrogen-bond donors (Lipinski definition) is 1. The number of hydrogen-bond acceptors (Lipinski definition) is 5. The molecule has 1 N–H and O–H groups in total. The standard InChI is InChI=1S/C30H37N3O5S/c1-5-17-31-30(35)28(20-24-12-7-6-8-13-24)32(21-25-14-10-16-27(19-25)38-3)29(34)22-33(39(4,36)37)26-15-9-11-23(2)18-26/h6-16,18-19,28H,5,17,20-22H2,1-4H3,(H,31,35)/t28-/m0/s1. The fourth-order valence-corrected chi connectivity index (χ4v) is 5.13. The molecule has 8 nitrogen and oxygen atoms in total. The molecule has 9 heteroatoms. The van der Waals surface area contributed by atoms with Crippen molar-refractivity contribution in [3.8, 4) is 5.75 Å². The molecule has 0 fully saturated rings. The Bertz CT molecular complexity index is 1360. The van der Waals surface area contributed by atoms with Crippen LogP contribution in [0.1, 0.15) is 30.0 Å². The molecule has 0 heterocycles. The van der Waals surface area contributed by atoms with E-state index in [-0.39, 0.29) is 18.9 Å². The van der Waals surface area contributed by atoms with Crippen molar-refractivity contribution in [3.05, 3.63) is 95.6 Å². The molecule has 3 aromatic carbocycles. The van der Waals surface area contributed by atoms with Crippen molar-refractivity contribution in [1.29, 1.82) is 0 Å². The molecule has 3 rings (SSSR count). The van der Waals surface area contributed by atoms with E-state index >= 15 is 0 Å². The summed E-state index contributed by atoms with van der Waals surface area (Å²) >= 11 is 0. The predicted molar refractivity (Wildman–Crippen MR) is 154 cm³/mol. The van der Waals surface area contributed by atoms with Crippen LogP contribution in [0.25, 0.3) is 0 Å². The second-order valence-corrected chi connectivity index (χ2v) is 11.4. The SMILES string of the molecule is CCCNC(=O)[C@H](Cc1ccccc1)N(Cc1cccc(OC)c1)C(=O)CN(c1cccc(C)c1)S(C)(=O)=O. The maximum atomic E-state index is 14.0. The Labute approximate surface area is 231 Å². The molecule has 0 bridgehead atoms. The first-order chi connectivity index (χ1) is 18.6. The van der Waals surface area contributed by atoms with Crippen molar-refractivity contribution >= 4 is 27.5 Å². The highest BCUT2D eigenvalue weighted by molar-refractivity contribution is 7.92. The Morgan fingerprint density at radius 2 is 1.64 bits per heavy atom. The first kappa shape index (κ1) is 29.7. The Balaban J connectivity index is 2.05. The molecule has 0 saturated carbocycles. The van der Waals surface area contributed by atoms with Gasteiger partial charge in [-0.15, -0.1) is 0 Å². The van der Waals surface area contributed by atoms with E-state index in [1.165, 1.54) is 4.90 Å². The van der Waals surface area contributed by atoms with E-state index in [2.05, 4.69) is 5.32 Å². The fourth-order valence-electron chi connectivity index (χ4n) is 4.28. The van der Waals surface area contributed by atoms with E-state index in [1.54, 1.807) is 37.4 Å². The molecule has 1 atom stereocenters. The van der Waals surface area contributed by atoms with Gasteiger partial charge in [-0.1, -0.05) is 61.5 Å².